The highest BCUT2D eigenvalue weighted by Crippen LogP contribution is 2.37. The molecule has 0 aliphatic heterocycles. The number of imidazole rings is 1. The molecule has 1 aromatic carbocycles. The normalized spacial score (nSPS) is 11.2. The molecule has 0 bridgehead atoms. The first-order chi connectivity index (χ1) is 12.4. The summed E-state index contributed by atoms with van der Waals surface area (Å²) in [5, 5.41) is 5.04. The number of amides is 2. The molecule has 0 radical (unpaired) electrons. The summed E-state index contributed by atoms with van der Waals surface area (Å²) in [4.78, 5) is 24.0. The van der Waals surface area contributed by atoms with E-state index in [9.17, 15) is 18.0 Å². The average molecular weight is 380 g/mol. The largest absolute Gasteiger partial charge is 0.446 e. The van der Waals surface area contributed by atoms with Gasteiger partial charge in [0, 0.05) is 23.0 Å². The van der Waals surface area contributed by atoms with Crippen LogP contribution in [0.5, 0.6) is 0 Å². The van der Waals surface area contributed by atoms with Crippen LogP contribution in [0.25, 0.3) is 5.95 Å². The summed E-state index contributed by atoms with van der Waals surface area (Å²) in [5.74, 6) is 0.395. The van der Waals surface area contributed by atoms with Crippen molar-refractivity contribution in [2.45, 2.75) is 10.4 Å². The summed E-state index contributed by atoms with van der Waals surface area (Å²) in [5.41, 5.74) is -3.64. The monoisotopic (exact) mass is 380 g/mol. The first kappa shape index (κ1) is 17.7. The highest BCUT2D eigenvalue weighted by molar-refractivity contribution is 8.00. The van der Waals surface area contributed by atoms with Crippen LogP contribution < -0.4 is 10.6 Å². The molecular weight excluding hydrogens is 369 g/mol. The van der Waals surface area contributed by atoms with Gasteiger partial charge < -0.3 is 10.6 Å². The summed E-state index contributed by atoms with van der Waals surface area (Å²) >= 11 is -0.220. The third-order valence-electron chi connectivity index (χ3n) is 2.98. The van der Waals surface area contributed by atoms with Crippen molar-refractivity contribution in [2.24, 2.45) is 0 Å². The van der Waals surface area contributed by atoms with Gasteiger partial charge in [-0.2, -0.15) is 13.2 Å². The molecule has 11 heteroatoms. The molecule has 2 aromatic heterocycles. The van der Waals surface area contributed by atoms with Gasteiger partial charge in [-0.1, -0.05) is 0 Å². The zero-order valence-electron chi connectivity index (χ0n) is 12.9. The van der Waals surface area contributed by atoms with Gasteiger partial charge in [-0.15, -0.1) is 0 Å². The lowest BCUT2D eigenvalue weighted by Crippen LogP contribution is -2.19. The topological polar surface area (TPSA) is 84.7 Å². The smallest absolute Gasteiger partial charge is 0.308 e. The van der Waals surface area contributed by atoms with Crippen LogP contribution in [0.3, 0.4) is 0 Å². The molecule has 0 unspecified atom stereocenters. The van der Waals surface area contributed by atoms with E-state index in [1.165, 1.54) is 43.0 Å². The van der Waals surface area contributed by atoms with Gasteiger partial charge in [0.25, 0.3) is 0 Å². The quantitative estimate of drug-likeness (QED) is 0.670. The Balaban J connectivity index is 1.57. The summed E-state index contributed by atoms with van der Waals surface area (Å²) in [6.45, 7) is 0. The fourth-order valence-corrected chi connectivity index (χ4v) is 2.47. The van der Waals surface area contributed by atoms with E-state index in [1.54, 1.807) is 17.0 Å². The van der Waals surface area contributed by atoms with E-state index in [4.69, 9.17) is 0 Å². The van der Waals surface area contributed by atoms with Gasteiger partial charge in [0.2, 0.25) is 5.95 Å². The van der Waals surface area contributed by atoms with Crippen molar-refractivity contribution in [3.05, 3.63) is 55.4 Å². The lowest BCUT2D eigenvalue weighted by Gasteiger charge is -2.09. The van der Waals surface area contributed by atoms with Gasteiger partial charge in [-0.05, 0) is 36.0 Å². The molecule has 26 heavy (non-hydrogen) atoms. The summed E-state index contributed by atoms with van der Waals surface area (Å²) < 4.78 is 38.4. The Labute approximate surface area is 149 Å². The number of halogens is 3. The Bertz CT molecular complexity index is 866. The number of anilines is 2. The molecule has 0 saturated carbocycles. The summed E-state index contributed by atoms with van der Waals surface area (Å²) in [6, 6.07) is 4.74. The van der Waals surface area contributed by atoms with Crippen molar-refractivity contribution in [2.75, 3.05) is 10.6 Å². The van der Waals surface area contributed by atoms with Crippen molar-refractivity contribution >= 4 is 29.2 Å². The van der Waals surface area contributed by atoms with E-state index in [1.807, 2.05) is 0 Å². The second-order valence-corrected chi connectivity index (χ2v) is 6.03. The summed E-state index contributed by atoms with van der Waals surface area (Å²) in [7, 11) is 0. The maximum absolute atomic E-state index is 12.3. The molecule has 0 fully saturated rings. The third-order valence-corrected chi connectivity index (χ3v) is 3.72. The zero-order valence-corrected chi connectivity index (χ0v) is 13.8. The highest BCUT2D eigenvalue weighted by Gasteiger charge is 2.29. The number of carbonyl (C=O) groups is 1. The molecule has 2 heterocycles. The molecule has 0 spiro atoms. The van der Waals surface area contributed by atoms with Crippen LogP contribution in [0.15, 0.2) is 60.3 Å². The number of benzene rings is 1. The van der Waals surface area contributed by atoms with Crippen LogP contribution in [0.1, 0.15) is 0 Å². The van der Waals surface area contributed by atoms with E-state index in [2.05, 4.69) is 25.6 Å². The standard InChI is InChI=1S/C15H11F3N6OS/c16-15(17,18)26-12-3-1-10(2-4-12)22-14(25)23-11-7-20-13(21-8-11)24-6-5-19-9-24/h1-9H,(H2,22,23,25). The van der Waals surface area contributed by atoms with Crippen molar-refractivity contribution in [3.8, 4) is 5.95 Å². The van der Waals surface area contributed by atoms with Gasteiger partial charge in [-0.3, -0.25) is 4.57 Å². The summed E-state index contributed by atoms with van der Waals surface area (Å²) in [6.07, 6.45) is 7.64. The van der Waals surface area contributed by atoms with Gasteiger partial charge >= 0.3 is 11.5 Å². The second-order valence-electron chi connectivity index (χ2n) is 4.89. The number of urea groups is 1. The first-order valence-electron chi connectivity index (χ1n) is 7.13. The van der Waals surface area contributed by atoms with E-state index in [0.717, 1.165) is 0 Å². The molecule has 2 N–H and O–H groups in total. The van der Waals surface area contributed by atoms with Crippen LogP contribution in [0, 0.1) is 0 Å². The second kappa shape index (κ2) is 7.44. The molecule has 0 aliphatic carbocycles. The average Bonchev–Trinajstić information content (AvgIpc) is 3.10. The molecule has 3 rings (SSSR count). The number of rotatable bonds is 4. The fourth-order valence-electron chi connectivity index (χ4n) is 1.93. The van der Waals surface area contributed by atoms with Gasteiger partial charge in [0.05, 0.1) is 18.1 Å². The highest BCUT2D eigenvalue weighted by atomic mass is 32.2. The molecule has 0 saturated heterocycles. The fraction of sp³-hybridized carbons (Fsp3) is 0.0667. The Morgan fingerprint density at radius 2 is 1.69 bits per heavy atom. The van der Waals surface area contributed by atoms with E-state index in [0.29, 0.717) is 17.3 Å². The Morgan fingerprint density at radius 3 is 2.27 bits per heavy atom. The molecular formula is C15H11F3N6OS. The number of carbonyl (C=O) groups excluding carboxylic acids is 1. The number of hydrogen-bond acceptors (Lipinski definition) is 5. The zero-order chi connectivity index (χ0) is 18.6. The Kier molecular flexibility index (Phi) is 5.07. The molecule has 3 aromatic rings. The van der Waals surface area contributed by atoms with Crippen LogP contribution in [0.2, 0.25) is 0 Å². The molecule has 0 atom stereocenters. The van der Waals surface area contributed by atoms with Gasteiger partial charge in [0.1, 0.15) is 6.33 Å². The molecule has 0 aliphatic rings. The minimum absolute atomic E-state index is 0.0342. The van der Waals surface area contributed by atoms with Crippen LogP contribution >= 0.6 is 11.8 Å². The van der Waals surface area contributed by atoms with Gasteiger partial charge in [-0.25, -0.2) is 19.7 Å². The van der Waals surface area contributed by atoms with E-state index < -0.39 is 11.5 Å². The Hall–Kier alpha value is -3.08. The maximum Gasteiger partial charge on any atom is 0.446 e. The maximum atomic E-state index is 12.3. The van der Waals surface area contributed by atoms with Crippen LogP contribution in [-0.4, -0.2) is 31.1 Å². The van der Waals surface area contributed by atoms with Gasteiger partial charge in [0.15, 0.2) is 0 Å². The lowest BCUT2D eigenvalue weighted by molar-refractivity contribution is -0.0328. The molecule has 134 valence electrons. The van der Waals surface area contributed by atoms with Crippen molar-refractivity contribution in [1.82, 2.24) is 19.5 Å². The number of nitrogens with one attached hydrogen (secondary N) is 2. The van der Waals surface area contributed by atoms with Crippen molar-refractivity contribution in [1.29, 1.82) is 0 Å². The predicted octanol–water partition coefficient (Wildman–Crippen LogP) is 3.92. The first-order valence-corrected chi connectivity index (χ1v) is 7.95. The van der Waals surface area contributed by atoms with Crippen LogP contribution in [-0.2, 0) is 0 Å². The number of aromatic nitrogens is 4. The minimum atomic E-state index is -4.35. The molecule has 7 nitrogen and oxygen atoms in total. The lowest BCUT2D eigenvalue weighted by atomic mass is 10.3. The number of alkyl halides is 3. The van der Waals surface area contributed by atoms with Crippen molar-refractivity contribution < 1.29 is 18.0 Å². The molecule has 2 amide bonds. The van der Waals surface area contributed by atoms with E-state index in [-0.39, 0.29) is 16.7 Å². The van der Waals surface area contributed by atoms with Crippen molar-refractivity contribution in [3.63, 3.8) is 0 Å². The SMILES string of the molecule is O=C(Nc1ccc(SC(F)(F)F)cc1)Nc1cnc(-n2ccnc2)nc1. The number of hydrogen-bond donors (Lipinski definition) is 2. The predicted molar refractivity (Wildman–Crippen MR) is 90.1 cm³/mol. The van der Waals surface area contributed by atoms with E-state index >= 15 is 0 Å². The third kappa shape index (κ3) is 4.96. The number of nitrogens with zero attached hydrogens (tertiary/aromatic N) is 4. The minimum Gasteiger partial charge on any atom is -0.308 e. The van der Waals surface area contributed by atoms with Crippen LogP contribution in [0.4, 0.5) is 29.3 Å². The number of thioether (sulfide) groups is 1. The Morgan fingerprint density at radius 1 is 1.04 bits per heavy atom.